The molecule has 0 radical (unpaired) electrons. The number of rotatable bonds is 3. The molecule has 4 heteroatoms. The van der Waals surface area contributed by atoms with Gasteiger partial charge < -0.3 is 10.0 Å². The van der Waals surface area contributed by atoms with Gasteiger partial charge in [-0.1, -0.05) is 6.92 Å². The molecule has 0 aromatic carbocycles. The number of halogens is 2. The Kier molecular flexibility index (Phi) is 3.62. The molecule has 1 heterocycles. The predicted molar refractivity (Wildman–Crippen MR) is 46.9 cm³/mol. The topological polar surface area (TPSA) is 23.5 Å². The summed E-state index contributed by atoms with van der Waals surface area (Å²) in [6.07, 6.45) is 1.35. The van der Waals surface area contributed by atoms with Crippen molar-refractivity contribution in [3.8, 4) is 0 Å². The van der Waals surface area contributed by atoms with Gasteiger partial charge in [-0.05, 0) is 25.9 Å². The van der Waals surface area contributed by atoms with Crippen molar-refractivity contribution in [2.75, 3.05) is 26.2 Å². The van der Waals surface area contributed by atoms with Crippen LogP contribution in [0.2, 0.25) is 0 Å². The van der Waals surface area contributed by atoms with Gasteiger partial charge in [0, 0.05) is 12.5 Å². The first-order valence-electron chi connectivity index (χ1n) is 4.81. The van der Waals surface area contributed by atoms with Crippen LogP contribution in [-0.2, 0) is 0 Å². The summed E-state index contributed by atoms with van der Waals surface area (Å²) in [4.78, 5) is 2.01. The van der Waals surface area contributed by atoms with Crippen LogP contribution in [0, 0.1) is 5.92 Å². The van der Waals surface area contributed by atoms with E-state index >= 15 is 0 Å². The number of nitrogens with zero attached hydrogens (tertiary/aromatic N) is 1. The maximum Gasteiger partial charge on any atom is 0.274 e. The third-order valence-corrected chi connectivity index (χ3v) is 2.76. The lowest BCUT2D eigenvalue weighted by Gasteiger charge is -2.35. The molecule has 78 valence electrons. The Balaban J connectivity index is 2.50. The first-order valence-corrected chi connectivity index (χ1v) is 4.81. The van der Waals surface area contributed by atoms with Crippen LogP contribution in [0.25, 0.3) is 0 Å². The normalized spacial score (nSPS) is 26.3. The summed E-state index contributed by atoms with van der Waals surface area (Å²) in [5.74, 6) is -3.56. The fourth-order valence-corrected chi connectivity index (χ4v) is 1.82. The molecular formula is C9H17F2NO. The molecule has 0 aromatic heterocycles. The molecule has 1 aliphatic rings. The van der Waals surface area contributed by atoms with Crippen molar-refractivity contribution >= 4 is 0 Å². The molecule has 1 aliphatic heterocycles. The molecule has 1 unspecified atom stereocenters. The van der Waals surface area contributed by atoms with E-state index in [9.17, 15) is 8.78 Å². The van der Waals surface area contributed by atoms with Crippen molar-refractivity contribution < 1.29 is 13.9 Å². The minimum absolute atomic E-state index is 0.421. The maximum atomic E-state index is 13.1. The fourth-order valence-electron chi connectivity index (χ4n) is 1.82. The van der Waals surface area contributed by atoms with E-state index < -0.39 is 18.4 Å². The minimum Gasteiger partial charge on any atom is -0.390 e. The highest BCUT2D eigenvalue weighted by Crippen LogP contribution is 2.31. The molecule has 13 heavy (non-hydrogen) atoms. The van der Waals surface area contributed by atoms with Crippen LogP contribution in [0.1, 0.15) is 19.8 Å². The SMILES string of the molecule is CCN1CCCC(C(F)(F)CO)C1. The Morgan fingerprint density at radius 1 is 1.54 bits per heavy atom. The third-order valence-electron chi connectivity index (χ3n) is 2.76. The van der Waals surface area contributed by atoms with Crippen molar-refractivity contribution in [1.82, 2.24) is 4.90 Å². The van der Waals surface area contributed by atoms with Gasteiger partial charge in [-0.15, -0.1) is 0 Å². The van der Waals surface area contributed by atoms with E-state index in [1.54, 1.807) is 0 Å². The van der Waals surface area contributed by atoms with Crippen LogP contribution in [-0.4, -0.2) is 42.2 Å². The van der Waals surface area contributed by atoms with Crippen molar-refractivity contribution in [2.24, 2.45) is 5.92 Å². The molecule has 1 rings (SSSR count). The second kappa shape index (κ2) is 4.33. The number of piperidine rings is 1. The van der Waals surface area contributed by atoms with Gasteiger partial charge in [-0.25, -0.2) is 8.78 Å². The zero-order valence-corrected chi connectivity index (χ0v) is 7.97. The lowest BCUT2D eigenvalue weighted by atomic mass is 9.92. The van der Waals surface area contributed by atoms with Gasteiger partial charge in [-0.3, -0.25) is 0 Å². The second-order valence-electron chi connectivity index (χ2n) is 3.65. The first kappa shape index (κ1) is 10.9. The minimum atomic E-state index is -2.89. The molecule has 2 nitrogen and oxygen atoms in total. The van der Waals surface area contributed by atoms with Gasteiger partial charge in [0.2, 0.25) is 0 Å². The van der Waals surface area contributed by atoms with E-state index in [-0.39, 0.29) is 0 Å². The summed E-state index contributed by atoms with van der Waals surface area (Å²) in [6, 6.07) is 0. The smallest absolute Gasteiger partial charge is 0.274 e. The number of hydrogen-bond acceptors (Lipinski definition) is 2. The average molecular weight is 193 g/mol. The summed E-state index contributed by atoms with van der Waals surface area (Å²) in [7, 11) is 0. The van der Waals surface area contributed by atoms with E-state index in [4.69, 9.17) is 5.11 Å². The zero-order valence-electron chi connectivity index (χ0n) is 7.97. The first-order chi connectivity index (χ1) is 6.10. The summed E-state index contributed by atoms with van der Waals surface area (Å²) < 4.78 is 26.1. The Morgan fingerprint density at radius 2 is 2.23 bits per heavy atom. The molecule has 0 bridgehead atoms. The number of aliphatic hydroxyl groups is 1. The molecule has 1 N–H and O–H groups in total. The van der Waals surface area contributed by atoms with E-state index in [0.717, 1.165) is 19.5 Å². The lowest BCUT2D eigenvalue weighted by molar-refractivity contribution is -0.115. The van der Waals surface area contributed by atoms with Crippen LogP contribution in [0.15, 0.2) is 0 Å². The van der Waals surface area contributed by atoms with E-state index in [2.05, 4.69) is 0 Å². The van der Waals surface area contributed by atoms with Gasteiger partial charge >= 0.3 is 0 Å². The van der Waals surface area contributed by atoms with Gasteiger partial charge in [0.15, 0.2) is 0 Å². The highest BCUT2D eigenvalue weighted by molar-refractivity contribution is 4.82. The molecule has 0 aromatic rings. The van der Waals surface area contributed by atoms with Crippen molar-refractivity contribution in [3.63, 3.8) is 0 Å². The molecule has 1 saturated heterocycles. The van der Waals surface area contributed by atoms with Crippen LogP contribution >= 0.6 is 0 Å². The van der Waals surface area contributed by atoms with Gasteiger partial charge in [-0.2, -0.15) is 0 Å². The van der Waals surface area contributed by atoms with Crippen LogP contribution in [0.5, 0.6) is 0 Å². The summed E-state index contributed by atoms with van der Waals surface area (Å²) in [6.45, 7) is 3.10. The number of aliphatic hydroxyl groups excluding tert-OH is 1. The highest BCUT2D eigenvalue weighted by Gasteiger charge is 2.40. The van der Waals surface area contributed by atoms with E-state index in [1.807, 2.05) is 11.8 Å². The summed E-state index contributed by atoms with van der Waals surface area (Å²) in [5.41, 5.74) is 0. The molecule has 0 spiro atoms. The Bertz CT molecular complexity index is 164. The Morgan fingerprint density at radius 3 is 2.77 bits per heavy atom. The van der Waals surface area contributed by atoms with E-state index in [1.165, 1.54) is 0 Å². The zero-order chi connectivity index (χ0) is 9.90. The van der Waals surface area contributed by atoms with Crippen molar-refractivity contribution in [1.29, 1.82) is 0 Å². The van der Waals surface area contributed by atoms with Crippen LogP contribution < -0.4 is 0 Å². The van der Waals surface area contributed by atoms with E-state index in [0.29, 0.717) is 13.0 Å². The van der Waals surface area contributed by atoms with Crippen molar-refractivity contribution in [2.45, 2.75) is 25.7 Å². The number of hydrogen-bond donors (Lipinski definition) is 1. The lowest BCUT2D eigenvalue weighted by Crippen LogP contribution is -2.44. The third kappa shape index (κ3) is 2.61. The van der Waals surface area contributed by atoms with Crippen LogP contribution in [0.4, 0.5) is 8.78 Å². The largest absolute Gasteiger partial charge is 0.390 e. The summed E-state index contributed by atoms with van der Waals surface area (Å²) >= 11 is 0. The van der Waals surface area contributed by atoms with Gasteiger partial charge in [0.1, 0.15) is 6.61 Å². The predicted octanol–water partition coefficient (Wildman–Crippen LogP) is 1.35. The number of alkyl halides is 2. The molecule has 1 fully saturated rings. The molecular weight excluding hydrogens is 176 g/mol. The fraction of sp³-hybridized carbons (Fsp3) is 1.00. The highest BCUT2D eigenvalue weighted by atomic mass is 19.3. The quantitative estimate of drug-likeness (QED) is 0.731. The van der Waals surface area contributed by atoms with Gasteiger partial charge in [0.05, 0.1) is 0 Å². The maximum absolute atomic E-state index is 13.1. The molecule has 1 atom stereocenters. The van der Waals surface area contributed by atoms with Crippen LogP contribution in [0.3, 0.4) is 0 Å². The second-order valence-corrected chi connectivity index (χ2v) is 3.65. The van der Waals surface area contributed by atoms with Gasteiger partial charge in [0.25, 0.3) is 5.92 Å². The Hall–Kier alpha value is -0.220. The molecule has 0 aliphatic carbocycles. The molecule has 0 amide bonds. The Labute approximate surface area is 77.5 Å². The molecule has 0 saturated carbocycles. The van der Waals surface area contributed by atoms with Crippen molar-refractivity contribution in [3.05, 3.63) is 0 Å². The number of likely N-dealkylation sites (tertiary alicyclic amines) is 1. The summed E-state index contributed by atoms with van der Waals surface area (Å²) in [5, 5.41) is 8.54. The average Bonchev–Trinajstić information content (AvgIpc) is 2.18. The standard InChI is InChI=1S/C9H17F2NO/c1-2-12-5-3-4-8(6-12)9(10,11)7-13/h8,13H,2-7H2,1H3. The monoisotopic (exact) mass is 193 g/mol.